The number of rotatable bonds is 0. The van der Waals surface area contributed by atoms with Crippen LogP contribution in [-0.4, -0.2) is 17.4 Å². The SMILES string of the molecule is CC1=CC[C@H]2[C@H](C)CC[C@H]3[C@H](C)C(=O)O[C@]23C1=O. The van der Waals surface area contributed by atoms with Crippen LogP contribution < -0.4 is 0 Å². The smallest absolute Gasteiger partial charge is 0.310 e. The van der Waals surface area contributed by atoms with Crippen LogP contribution in [0.1, 0.15) is 40.0 Å². The molecule has 2 aliphatic carbocycles. The van der Waals surface area contributed by atoms with Gasteiger partial charge < -0.3 is 4.74 Å². The highest BCUT2D eigenvalue weighted by Gasteiger charge is 2.65. The Balaban J connectivity index is 2.13. The van der Waals surface area contributed by atoms with Crippen LogP contribution in [0, 0.1) is 23.7 Å². The van der Waals surface area contributed by atoms with Crippen molar-refractivity contribution in [3.05, 3.63) is 11.6 Å². The lowest BCUT2D eigenvalue weighted by Crippen LogP contribution is -2.57. The largest absolute Gasteiger partial charge is 0.450 e. The first-order chi connectivity index (χ1) is 8.48. The molecule has 2 fully saturated rings. The van der Waals surface area contributed by atoms with Gasteiger partial charge in [-0.25, -0.2) is 0 Å². The topological polar surface area (TPSA) is 43.4 Å². The third-order valence-electron chi connectivity index (χ3n) is 5.36. The van der Waals surface area contributed by atoms with Gasteiger partial charge in [0.2, 0.25) is 5.78 Å². The zero-order chi connectivity index (χ0) is 13.1. The monoisotopic (exact) mass is 248 g/mol. The Morgan fingerprint density at radius 3 is 2.67 bits per heavy atom. The van der Waals surface area contributed by atoms with Crippen LogP contribution in [0.4, 0.5) is 0 Å². The number of esters is 1. The number of hydrogen-bond acceptors (Lipinski definition) is 3. The van der Waals surface area contributed by atoms with Gasteiger partial charge >= 0.3 is 5.97 Å². The second-order valence-corrected chi connectivity index (χ2v) is 6.22. The molecule has 0 amide bonds. The maximum atomic E-state index is 12.7. The minimum Gasteiger partial charge on any atom is -0.450 e. The van der Waals surface area contributed by atoms with Crippen LogP contribution in [0.5, 0.6) is 0 Å². The van der Waals surface area contributed by atoms with Crippen LogP contribution in [0.2, 0.25) is 0 Å². The number of ether oxygens (including phenoxy) is 1. The van der Waals surface area contributed by atoms with Gasteiger partial charge in [0, 0.05) is 11.8 Å². The van der Waals surface area contributed by atoms with Crippen LogP contribution in [0.15, 0.2) is 11.6 Å². The minimum atomic E-state index is -0.826. The molecule has 1 saturated heterocycles. The zero-order valence-electron chi connectivity index (χ0n) is 11.2. The van der Waals surface area contributed by atoms with Crippen molar-refractivity contribution in [2.24, 2.45) is 23.7 Å². The first kappa shape index (κ1) is 11.9. The van der Waals surface area contributed by atoms with Crippen molar-refractivity contribution >= 4 is 11.8 Å². The molecular formula is C15H20O3. The van der Waals surface area contributed by atoms with E-state index in [9.17, 15) is 9.59 Å². The van der Waals surface area contributed by atoms with Crippen molar-refractivity contribution in [2.75, 3.05) is 0 Å². The number of ketones is 1. The molecule has 98 valence electrons. The lowest BCUT2D eigenvalue weighted by atomic mass is 9.57. The van der Waals surface area contributed by atoms with E-state index in [4.69, 9.17) is 4.74 Å². The van der Waals surface area contributed by atoms with E-state index >= 15 is 0 Å². The first-order valence-corrected chi connectivity index (χ1v) is 6.93. The number of carbonyl (C=O) groups excluding carboxylic acids is 2. The van der Waals surface area contributed by atoms with E-state index in [0.717, 1.165) is 24.8 Å². The van der Waals surface area contributed by atoms with E-state index in [1.165, 1.54) is 0 Å². The third-order valence-corrected chi connectivity index (χ3v) is 5.36. The average molecular weight is 248 g/mol. The number of hydrogen-bond donors (Lipinski definition) is 0. The van der Waals surface area contributed by atoms with Crippen molar-refractivity contribution < 1.29 is 14.3 Å². The second-order valence-electron chi connectivity index (χ2n) is 6.22. The molecule has 0 aromatic heterocycles. The van der Waals surface area contributed by atoms with Crippen molar-refractivity contribution in [1.29, 1.82) is 0 Å². The number of carbonyl (C=O) groups is 2. The Morgan fingerprint density at radius 2 is 1.94 bits per heavy atom. The van der Waals surface area contributed by atoms with E-state index in [-0.39, 0.29) is 29.5 Å². The zero-order valence-corrected chi connectivity index (χ0v) is 11.2. The summed E-state index contributed by atoms with van der Waals surface area (Å²) in [5, 5.41) is 0. The van der Waals surface area contributed by atoms with Crippen LogP contribution in [0.3, 0.4) is 0 Å². The van der Waals surface area contributed by atoms with E-state index in [0.29, 0.717) is 5.92 Å². The summed E-state index contributed by atoms with van der Waals surface area (Å²) >= 11 is 0. The van der Waals surface area contributed by atoms with E-state index in [2.05, 4.69) is 6.92 Å². The van der Waals surface area contributed by atoms with Crippen molar-refractivity contribution in [1.82, 2.24) is 0 Å². The maximum absolute atomic E-state index is 12.7. The summed E-state index contributed by atoms with van der Waals surface area (Å²) < 4.78 is 5.69. The molecule has 1 spiro atoms. The molecule has 0 aromatic rings. The fraction of sp³-hybridized carbons (Fsp3) is 0.733. The molecule has 0 unspecified atom stereocenters. The molecule has 3 nitrogen and oxygen atoms in total. The molecule has 1 saturated carbocycles. The van der Waals surface area contributed by atoms with Gasteiger partial charge in [0.15, 0.2) is 5.60 Å². The quantitative estimate of drug-likeness (QED) is 0.619. The predicted molar refractivity (Wildman–Crippen MR) is 66.7 cm³/mol. The van der Waals surface area contributed by atoms with Crippen molar-refractivity contribution in [3.8, 4) is 0 Å². The second kappa shape index (κ2) is 3.69. The molecule has 5 atom stereocenters. The van der Waals surface area contributed by atoms with Gasteiger partial charge in [0.1, 0.15) is 0 Å². The molecule has 18 heavy (non-hydrogen) atoms. The summed E-state index contributed by atoms with van der Waals surface area (Å²) in [6.07, 6.45) is 4.92. The molecule has 1 aliphatic heterocycles. The number of allylic oxidation sites excluding steroid dienone is 1. The fourth-order valence-corrected chi connectivity index (χ4v) is 4.25. The van der Waals surface area contributed by atoms with Crippen LogP contribution in [-0.2, 0) is 14.3 Å². The van der Waals surface area contributed by atoms with Gasteiger partial charge in [0.25, 0.3) is 0 Å². The Labute approximate surface area is 108 Å². The minimum absolute atomic E-state index is 0.0630. The van der Waals surface area contributed by atoms with Gasteiger partial charge in [-0.2, -0.15) is 0 Å². The molecule has 3 aliphatic rings. The predicted octanol–water partition coefficient (Wildman–Crippen LogP) is 2.50. The molecule has 1 heterocycles. The molecule has 0 radical (unpaired) electrons. The molecule has 0 bridgehead atoms. The fourth-order valence-electron chi connectivity index (χ4n) is 4.25. The summed E-state index contributed by atoms with van der Waals surface area (Å²) in [4.78, 5) is 24.6. The summed E-state index contributed by atoms with van der Waals surface area (Å²) in [6.45, 7) is 5.94. The Morgan fingerprint density at radius 1 is 1.22 bits per heavy atom. The first-order valence-electron chi connectivity index (χ1n) is 6.93. The normalized spacial score (nSPS) is 47.2. The van der Waals surface area contributed by atoms with Gasteiger partial charge in [-0.15, -0.1) is 0 Å². The maximum Gasteiger partial charge on any atom is 0.310 e. The lowest BCUT2D eigenvalue weighted by molar-refractivity contribution is -0.171. The Hall–Kier alpha value is -1.12. The highest BCUT2D eigenvalue weighted by Crippen LogP contribution is 2.55. The molecule has 0 N–H and O–H groups in total. The van der Waals surface area contributed by atoms with Gasteiger partial charge in [-0.3, -0.25) is 9.59 Å². The molecule has 3 heteroatoms. The summed E-state index contributed by atoms with van der Waals surface area (Å²) in [7, 11) is 0. The summed E-state index contributed by atoms with van der Waals surface area (Å²) in [5.74, 6) is 0.473. The standard InChI is InChI=1S/C15H20O3/c1-8-4-7-12-10(3)14(17)18-15(12)11(8)6-5-9(2)13(15)16/h5,8,10-12H,4,6-7H2,1-3H3/t8-,10+,11+,12+,15-/m1/s1. The van der Waals surface area contributed by atoms with E-state index in [1.807, 2.05) is 19.9 Å². The van der Waals surface area contributed by atoms with Gasteiger partial charge in [0.05, 0.1) is 5.92 Å². The number of Topliss-reactive ketones (excluding diaryl/α,β-unsaturated/α-hetero) is 1. The van der Waals surface area contributed by atoms with E-state index in [1.54, 1.807) is 0 Å². The van der Waals surface area contributed by atoms with Crippen molar-refractivity contribution in [2.45, 2.75) is 45.6 Å². The Kier molecular flexibility index (Phi) is 2.45. The summed E-state index contributed by atoms with van der Waals surface area (Å²) in [6, 6.07) is 0. The Bertz CT molecular complexity index is 451. The summed E-state index contributed by atoms with van der Waals surface area (Å²) in [5.41, 5.74) is -0.0558. The van der Waals surface area contributed by atoms with Crippen LogP contribution in [0.25, 0.3) is 0 Å². The van der Waals surface area contributed by atoms with Crippen molar-refractivity contribution in [3.63, 3.8) is 0 Å². The van der Waals surface area contributed by atoms with Gasteiger partial charge in [-0.1, -0.05) is 19.9 Å². The molecule has 0 aromatic carbocycles. The van der Waals surface area contributed by atoms with E-state index < -0.39 is 5.60 Å². The lowest BCUT2D eigenvalue weighted by Gasteiger charge is -2.48. The average Bonchev–Trinajstić information content (AvgIpc) is 2.59. The molecule has 3 rings (SSSR count). The highest BCUT2D eigenvalue weighted by molar-refractivity contribution is 6.05. The molecular weight excluding hydrogens is 228 g/mol. The van der Waals surface area contributed by atoms with Gasteiger partial charge in [-0.05, 0) is 37.7 Å². The highest BCUT2D eigenvalue weighted by atomic mass is 16.6. The van der Waals surface area contributed by atoms with Crippen LogP contribution >= 0.6 is 0 Å². The third kappa shape index (κ3) is 1.25.